The van der Waals surface area contributed by atoms with E-state index in [0.29, 0.717) is 0 Å². The normalized spacial score (nSPS) is 13.9. The third-order valence-electron chi connectivity index (χ3n) is 2.02. The molecule has 0 unspecified atom stereocenters. The lowest BCUT2D eigenvalue weighted by Gasteiger charge is -2.22. The first-order valence-corrected chi connectivity index (χ1v) is 4.18. The number of hydrogen-bond acceptors (Lipinski definition) is 2. The fraction of sp³-hybridized carbons (Fsp3) is 0.333. The van der Waals surface area contributed by atoms with Gasteiger partial charge in [-0.2, -0.15) is 0 Å². The highest BCUT2D eigenvalue weighted by atomic mass is 19.3. The largest absolute Gasteiger partial charge is 0.390 e. The lowest BCUT2D eigenvalue weighted by molar-refractivity contribution is -0.0726. The monoisotopic (exact) mass is 241 g/mol. The molecule has 1 atom stereocenters. The molecule has 0 heterocycles. The standard InChI is InChI=1S/C9H8F5NO/c10-4-1-5(11)7(6(12)2-4)8(15)9(13,14)3-16/h1-2,8,16H,3,15H2/t8-/m1/s1. The van der Waals surface area contributed by atoms with Crippen LogP contribution in [0.2, 0.25) is 0 Å². The highest BCUT2D eigenvalue weighted by Gasteiger charge is 2.40. The summed E-state index contributed by atoms with van der Waals surface area (Å²) in [6.07, 6.45) is 0. The summed E-state index contributed by atoms with van der Waals surface area (Å²) < 4.78 is 64.4. The molecule has 90 valence electrons. The van der Waals surface area contributed by atoms with Crippen LogP contribution >= 0.6 is 0 Å². The van der Waals surface area contributed by atoms with E-state index in [-0.39, 0.29) is 12.1 Å². The minimum atomic E-state index is -3.89. The lowest BCUT2D eigenvalue weighted by atomic mass is 10.0. The summed E-state index contributed by atoms with van der Waals surface area (Å²) in [6, 6.07) is -1.89. The van der Waals surface area contributed by atoms with Gasteiger partial charge in [-0.15, -0.1) is 0 Å². The third-order valence-corrected chi connectivity index (χ3v) is 2.02. The van der Waals surface area contributed by atoms with Gasteiger partial charge in [0.1, 0.15) is 30.1 Å². The fourth-order valence-electron chi connectivity index (χ4n) is 1.16. The number of rotatable bonds is 3. The molecule has 16 heavy (non-hydrogen) atoms. The quantitative estimate of drug-likeness (QED) is 0.791. The van der Waals surface area contributed by atoms with Gasteiger partial charge in [-0.05, 0) is 0 Å². The molecule has 0 amide bonds. The van der Waals surface area contributed by atoms with Crippen molar-refractivity contribution in [1.82, 2.24) is 0 Å². The Labute approximate surface area is 87.5 Å². The Kier molecular flexibility index (Phi) is 3.49. The van der Waals surface area contributed by atoms with Gasteiger partial charge in [0.25, 0.3) is 5.92 Å². The number of nitrogens with two attached hydrogens (primary N) is 1. The molecule has 0 spiro atoms. The van der Waals surface area contributed by atoms with Gasteiger partial charge in [-0.1, -0.05) is 0 Å². The highest BCUT2D eigenvalue weighted by Crippen LogP contribution is 2.32. The second kappa shape index (κ2) is 4.34. The number of benzene rings is 1. The third kappa shape index (κ3) is 2.30. The molecule has 7 heteroatoms. The second-order valence-corrected chi connectivity index (χ2v) is 3.18. The Hall–Kier alpha value is -1.21. The Morgan fingerprint density at radius 3 is 2.00 bits per heavy atom. The summed E-state index contributed by atoms with van der Waals surface area (Å²) in [7, 11) is 0. The number of aliphatic hydroxyl groups is 1. The molecule has 0 aromatic heterocycles. The van der Waals surface area contributed by atoms with E-state index in [4.69, 9.17) is 10.8 Å². The van der Waals surface area contributed by atoms with Gasteiger partial charge in [0.15, 0.2) is 0 Å². The van der Waals surface area contributed by atoms with Gasteiger partial charge in [-0.3, -0.25) is 0 Å². The summed E-state index contributed by atoms with van der Waals surface area (Å²) in [5, 5.41) is 8.31. The van der Waals surface area contributed by atoms with Crippen LogP contribution in [0.25, 0.3) is 0 Å². The van der Waals surface area contributed by atoms with Gasteiger partial charge in [-0.25, -0.2) is 22.0 Å². The van der Waals surface area contributed by atoms with E-state index in [1.165, 1.54) is 0 Å². The maximum absolute atomic E-state index is 13.1. The predicted octanol–water partition coefficient (Wildman–Crippen LogP) is 1.73. The van der Waals surface area contributed by atoms with Gasteiger partial charge in [0.2, 0.25) is 0 Å². The first-order chi connectivity index (χ1) is 7.29. The van der Waals surface area contributed by atoms with Crippen molar-refractivity contribution < 1.29 is 27.1 Å². The summed E-state index contributed by atoms with van der Waals surface area (Å²) >= 11 is 0. The van der Waals surface area contributed by atoms with Crippen LogP contribution in [-0.2, 0) is 0 Å². The Morgan fingerprint density at radius 2 is 1.62 bits per heavy atom. The van der Waals surface area contributed by atoms with Gasteiger partial charge >= 0.3 is 0 Å². The topological polar surface area (TPSA) is 46.2 Å². The molecule has 1 aromatic rings. The van der Waals surface area contributed by atoms with Crippen molar-refractivity contribution in [2.75, 3.05) is 6.61 Å². The molecular weight excluding hydrogens is 233 g/mol. The smallest absolute Gasteiger partial charge is 0.289 e. The van der Waals surface area contributed by atoms with Crippen molar-refractivity contribution >= 4 is 0 Å². The minimum Gasteiger partial charge on any atom is -0.390 e. The van der Waals surface area contributed by atoms with E-state index in [9.17, 15) is 22.0 Å². The molecule has 0 bridgehead atoms. The zero-order chi connectivity index (χ0) is 12.5. The predicted molar refractivity (Wildman–Crippen MR) is 45.3 cm³/mol. The van der Waals surface area contributed by atoms with Crippen molar-refractivity contribution in [1.29, 1.82) is 0 Å². The molecular formula is C9H8F5NO. The van der Waals surface area contributed by atoms with E-state index in [1.807, 2.05) is 0 Å². The van der Waals surface area contributed by atoms with Crippen LogP contribution in [0, 0.1) is 17.5 Å². The van der Waals surface area contributed by atoms with E-state index >= 15 is 0 Å². The van der Waals surface area contributed by atoms with Crippen LogP contribution in [-0.4, -0.2) is 17.6 Å². The van der Waals surface area contributed by atoms with E-state index in [1.54, 1.807) is 0 Å². The highest BCUT2D eigenvalue weighted by molar-refractivity contribution is 5.25. The molecule has 0 aliphatic carbocycles. The Bertz CT molecular complexity index is 372. The van der Waals surface area contributed by atoms with Crippen molar-refractivity contribution in [2.45, 2.75) is 12.0 Å². The maximum Gasteiger partial charge on any atom is 0.289 e. The number of halogens is 5. The van der Waals surface area contributed by atoms with Gasteiger partial charge < -0.3 is 10.8 Å². The van der Waals surface area contributed by atoms with Crippen LogP contribution in [0.15, 0.2) is 12.1 Å². The Balaban J connectivity index is 3.24. The van der Waals surface area contributed by atoms with Gasteiger partial charge in [0, 0.05) is 17.7 Å². The number of aliphatic hydroxyl groups excluding tert-OH is 1. The lowest BCUT2D eigenvalue weighted by Crippen LogP contribution is -2.37. The van der Waals surface area contributed by atoms with E-state index in [0.717, 1.165) is 0 Å². The van der Waals surface area contributed by atoms with Crippen LogP contribution in [0.1, 0.15) is 11.6 Å². The van der Waals surface area contributed by atoms with Gasteiger partial charge in [0.05, 0.1) is 0 Å². The number of hydrogen-bond donors (Lipinski definition) is 2. The van der Waals surface area contributed by atoms with Crippen molar-refractivity contribution in [3.8, 4) is 0 Å². The average Bonchev–Trinajstić information content (AvgIpc) is 2.15. The minimum absolute atomic E-state index is 0.242. The molecule has 1 rings (SSSR count). The first-order valence-electron chi connectivity index (χ1n) is 4.18. The fourth-order valence-corrected chi connectivity index (χ4v) is 1.16. The summed E-state index contributed by atoms with van der Waals surface area (Å²) in [5.41, 5.74) is 3.77. The van der Waals surface area contributed by atoms with Crippen molar-refractivity contribution in [2.24, 2.45) is 5.73 Å². The molecule has 0 saturated heterocycles. The summed E-state index contributed by atoms with van der Waals surface area (Å²) in [4.78, 5) is 0. The summed E-state index contributed by atoms with van der Waals surface area (Å²) in [6.45, 7) is -1.66. The SMILES string of the molecule is N[C@H](c1c(F)cc(F)cc1F)C(F)(F)CO. The van der Waals surface area contributed by atoms with E-state index in [2.05, 4.69) is 0 Å². The molecule has 1 aromatic carbocycles. The zero-order valence-electron chi connectivity index (χ0n) is 7.85. The summed E-state index contributed by atoms with van der Waals surface area (Å²) in [5.74, 6) is -8.16. The molecule has 0 aliphatic heterocycles. The van der Waals surface area contributed by atoms with Crippen molar-refractivity contribution in [3.63, 3.8) is 0 Å². The van der Waals surface area contributed by atoms with Crippen molar-refractivity contribution in [3.05, 3.63) is 35.1 Å². The Morgan fingerprint density at radius 1 is 1.19 bits per heavy atom. The average molecular weight is 241 g/mol. The molecule has 0 saturated carbocycles. The van der Waals surface area contributed by atoms with Crippen LogP contribution in [0.3, 0.4) is 0 Å². The first kappa shape index (κ1) is 12.9. The molecule has 3 N–H and O–H groups in total. The molecule has 0 radical (unpaired) electrons. The van der Waals surface area contributed by atoms with Crippen LogP contribution in [0.4, 0.5) is 22.0 Å². The molecule has 2 nitrogen and oxygen atoms in total. The second-order valence-electron chi connectivity index (χ2n) is 3.18. The van der Waals surface area contributed by atoms with Crippen LogP contribution < -0.4 is 5.73 Å². The van der Waals surface area contributed by atoms with Crippen LogP contribution in [0.5, 0.6) is 0 Å². The number of alkyl halides is 2. The van der Waals surface area contributed by atoms with E-state index < -0.39 is 41.6 Å². The molecule has 0 aliphatic rings. The maximum atomic E-state index is 13.1. The zero-order valence-corrected chi connectivity index (χ0v) is 7.85. The molecule has 0 fully saturated rings.